The zero-order chi connectivity index (χ0) is 22.9. The number of methoxy groups -OCH3 is 1. The first kappa shape index (κ1) is 23.7. The van der Waals surface area contributed by atoms with E-state index in [1.54, 1.807) is 23.1 Å². The molecule has 0 N–H and O–H groups in total. The minimum Gasteiger partial charge on any atom is -0.493 e. The van der Waals surface area contributed by atoms with Crippen LogP contribution in [0.15, 0.2) is 48.7 Å². The van der Waals surface area contributed by atoms with Gasteiger partial charge in [-0.2, -0.15) is 8.78 Å². The van der Waals surface area contributed by atoms with Crippen LogP contribution >= 0.6 is 0 Å². The third-order valence-corrected chi connectivity index (χ3v) is 5.68. The van der Waals surface area contributed by atoms with Crippen LogP contribution in [0, 0.1) is 0 Å². The van der Waals surface area contributed by atoms with Crippen molar-refractivity contribution in [3.8, 4) is 11.5 Å². The Kier molecular flexibility index (Phi) is 8.56. The van der Waals surface area contributed by atoms with Gasteiger partial charge >= 0.3 is 6.61 Å². The van der Waals surface area contributed by atoms with E-state index in [-0.39, 0.29) is 23.4 Å². The number of alkyl halides is 2. The van der Waals surface area contributed by atoms with E-state index in [4.69, 9.17) is 4.74 Å². The number of halogens is 2. The van der Waals surface area contributed by atoms with Gasteiger partial charge < -0.3 is 19.3 Å². The summed E-state index contributed by atoms with van der Waals surface area (Å²) in [6.45, 7) is -0.0700. The molecule has 6 nitrogen and oxygen atoms in total. The van der Waals surface area contributed by atoms with Gasteiger partial charge in [-0.15, -0.1) is 0 Å². The number of likely N-dealkylation sites (N-methyl/N-ethyl adjacent to an activating group) is 1. The normalized spacial score (nSPS) is 15.3. The topological polar surface area (TPSA) is 54.9 Å². The van der Waals surface area contributed by atoms with Gasteiger partial charge in [0.1, 0.15) is 0 Å². The number of aromatic nitrogens is 1. The largest absolute Gasteiger partial charge is 0.493 e. The second-order valence-electron chi connectivity index (χ2n) is 7.72. The van der Waals surface area contributed by atoms with Crippen molar-refractivity contribution in [2.24, 2.45) is 0 Å². The number of likely N-dealkylation sites (tertiary alicyclic amines) is 1. The second kappa shape index (κ2) is 11.6. The van der Waals surface area contributed by atoms with E-state index in [9.17, 15) is 13.6 Å². The predicted octanol–water partition coefficient (Wildman–Crippen LogP) is 3.87. The van der Waals surface area contributed by atoms with Crippen molar-refractivity contribution in [1.82, 2.24) is 14.8 Å². The monoisotopic (exact) mass is 445 g/mol. The van der Waals surface area contributed by atoms with Crippen molar-refractivity contribution in [1.29, 1.82) is 0 Å². The summed E-state index contributed by atoms with van der Waals surface area (Å²) in [5, 5.41) is 0. The molecule has 0 unspecified atom stereocenters. The summed E-state index contributed by atoms with van der Waals surface area (Å²) in [5.74, 6) is 0.0491. The van der Waals surface area contributed by atoms with Crippen LogP contribution in [0.1, 0.15) is 24.1 Å². The molecule has 172 valence electrons. The number of piperidine rings is 1. The fraction of sp³-hybridized carbons (Fsp3) is 0.417. The van der Waals surface area contributed by atoms with Crippen molar-refractivity contribution < 1.29 is 23.0 Å². The molecular formula is C24H29F2N3O3. The predicted molar refractivity (Wildman–Crippen MR) is 119 cm³/mol. The highest BCUT2D eigenvalue weighted by Crippen LogP contribution is 2.30. The Balaban J connectivity index is 1.49. The number of nitrogens with zero attached hydrogens (tertiary/aromatic N) is 3. The van der Waals surface area contributed by atoms with E-state index in [2.05, 4.69) is 14.6 Å². The molecule has 0 aliphatic carbocycles. The molecule has 0 bridgehead atoms. The van der Waals surface area contributed by atoms with Gasteiger partial charge in [0, 0.05) is 57.1 Å². The minimum absolute atomic E-state index is 0.0436. The van der Waals surface area contributed by atoms with Crippen LogP contribution < -0.4 is 9.47 Å². The van der Waals surface area contributed by atoms with Gasteiger partial charge in [0.2, 0.25) is 5.91 Å². The van der Waals surface area contributed by atoms with E-state index < -0.39 is 6.61 Å². The third-order valence-electron chi connectivity index (χ3n) is 5.68. The van der Waals surface area contributed by atoms with Crippen molar-refractivity contribution in [2.75, 3.05) is 33.8 Å². The number of hydrogen-bond donors (Lipinski definition) is 0. The third kappa shape index (κ3) is 6.75. The quantitative estimate of drug-likeness (QED) is 0.549. The molecule has 1 amide bonds. The Morgan fingerprint density at radius 2 is 2.03 bits per heavy atom. The highest BCUT2D eigenvalue weighted by molar-refractivity contribution is 5.91. The van der Waals surface area contributed by atoms with Gasteiger partial charge in [-0.25, -0.2) is 0 Å². The summed E-state index contributed by atoms with van der Waals surface area (Å²) in [6, 6.07) is 10.7. The molecule has 0 spiro atoms. The smallest absolute Gasteiger partial charge is 0.387 e. The molecule has 8 heteroatoms. The van der Waals surface area contributed by atoms with Gasteiger partial charge in [-0.1, -0.05) is 12.1 Å². The van der Waals surface area contributed by atoms with E-state index >= 15 is 0 Å². The van der Waals surface area contributed by atoms with E-state index in [1.165, 1.54) is 19.3 Å². The molecule has 1 saturated heterocycles. The lowest BCUT2D eigenvalue weighted by Gasteiger charge is -2.36. The molecule has 1 aliphatic heterocycles. The lowest BCUT2D eigenvalue weighted by molar-refractivity contribution is -0.127. The molecule has 2 heterocycles. The summed E-state index contributed by atoms with van der Waals surface area (Å²) in [7, 11) is 3.20. The van der Waals surface area contributed by atoms with E-state index in [0.717, 1.165) is 44.6 Å². The van der Waals surface area contributed by atoms with Crippen LogP contribution in [0.2, 0.25) is 0 Å². The highest BCUT2D eigenvalue weighted by atomic mass is 19.3. The van der Waals surface area contributed by atoms with Crippen LogP contribution in [0.5, 0.6) is 11.5 Å². The summed E-state index contributed by atoms with van der Waals surface area (Å²) in [6.07, 6.45) is 7.73. The Morgan fingerprint density at radius 3 is 2.69 bits per heavy atom. The molecule has 2 aromatic rings. The SMILES string of the molecule is COc1cc(/C=C/C(=O)N(C)C2CCN(CCc3ccccn3)CC2)ccc1OC(F)F. The van der Waals surface area contributed by atoms with Crippen molar-refractivity contribution in [2.45, 2.75) is 31.9 Å². The lowest BCUT2D eigenvalue weighted by Crippen LogP contribution is -2.45. The molecule has 1 aromatic heterocycles. The van der Waals surface area contributed by atoms with Crippen LogP contribution in [-0.4, -0.2) is 67.1 Å². The van der Waals surface area contributed by atoms with Gasteiger partial charge in [0.05, 0.1) is 7.11 Å². The number of amides is 1. The summed E-state index contributed by atoms with van der Waals surface area (Å²) < 4.78 is 34.4. The van der Waals surface area contributed by atoms with Crippen molar-refractivity contribution in [3.63, 3.8) is 0 Å². The maximum absolute atomic E-state index is 12.6. The molecule has 1 aliphatic rings. The van der Waals surface area contributed by atoms with Crippen LogP contribution in [0.3, 0.4) is 0 Å². The average Bonchev–Trinajstić information content (AvgIpc) is 2.82. The van der Waals surface area contributed by atoms with E-state index in [0.29, 0.717) is 5.56 Å². The number of pyridine rings is 1. The van der Waals surface area contributed by atoms with Crippen LogP contribution in [-0.2, 0) is 11.2 Å². The maximum atomic E-state index is 12.6. The Hall–Kier alpha value is -3.00. The second-order valence-corrected chi connectivity index (χ2v) is 7.72. The van der Waals surface area contributed by atoms with Gasteiger partial charge in [0.25, 0.3) is 0 Å². The zero-order valence-corrected chi connectivity index (χ0v) is 18.4. The molecular weight excluding hydrogens is 416 g/mol. The zero-order valence-electron chi connectivity index (χ0n) is 18.4. The number of hydrogen-bond acceptors (Lipinski definition) is 5. The Bertz CT molecular complexity index is 901. The maximum Gasteiger partial charge on any atom is 0.387 e. The number of carbonyl (C=O) groups is 1. The van der Waals surface area contributed by atoms with Crippen LogP contribution in [0.25, 0.3) is 6.08 Å². The lowest BCUT2D eigenvalue weighted by atomic mass is 10.0. The fourth-order valence-electron chi connectivity index (χ4n) is 3.80. The number of rotatable bonds is 9. The summed E-state index contributed by atoms with van der Waals surface area (Å²) in [4.78, 5) is 21.2. The van der Waals surface area contributed by atoms with Gasteiger partial charge in [-0.3, -0.25) is 9.78 Å². The standard InChI is InChI=1S/C24H29F2N3O3/c1-28(20-11-15-29(16-12-20)14-10-19-5-3-4-13-27-19)23(30)9-7-18-6-8-21(32-24(25)26)22(17-18)31-2/h3-9,13,17,20,24H,10-12,14-16H2,1-2H3/b9-7+. The Morgan fingerprint density at radius 1 is 1.25 bits per heavy atom. The first-order valence-electron chi connectivity index (χ1n) is 10.7. The summed E-state index contributed by atoms with van der Waals surface area (Å²) >= 11 is 0. The molecule has 32 heavy (non-hydrogen) atoms. The van der Waals surface area contributed by atoms with Crippen LogP contribution in [0.4, 0.5) is 8.78 Å². The number of carbonyl (C=O) groups excluding carboxylic acids is 1. The molecule has 0 saturated carbocycles. The summed E-state index contributed by atoms with van der Waals surface area (Å²) in [5.41, 5.74) is 1.76. The van der Waals surface area contributed by atoms with Crippen molar-refractivity contribution >= 4 is 12.0 Å². The fourth-order valence-corrected chi connectivity index (χ4v) is 3.80. The number of benzene rings is 1. The van der Waals surface area contributed by atoms with E-state index in [1.807, 2.05) is 31.4 Å². The highest BCUT2D eigenvalue weighted by Gasteiger charge is 2.24. The van der Waals surface area contributed by atoms with Gasteiger partial charge in [-0.05, 0) is 48.7 Å². The average molecular weight is 446 g/mol. The van der Waals surface area contributed by atoms with Gasteiger partial charge in [0.15, 0.2) is 11.5 Å². The molecule has 0 atom stereocenters. The number of ether oxygens (including phenoxy) is 2. The minimum atomic E-state index is -2.93. The first-order chi connectivity index (χ1) is 15.5. The Labute approximate surface area is 187 Å². The van der Waals surface area contributed by atoms with Crippen molar-refractivity contribution in [3.05, 3.63) is 59.9 Å². The molecule has 3 rings (SSSR count). The molecule has 1 aromatic carbocycles. The first-order valence-corrected chi connectivity index (χ1v) is 10.7. The molecule has 1 fully saturated rings. The molecule has 0 radical (unpaired) electrons.